The summed E-state index contributed by atoms with van der Waals surface area (Å²) in [5.74, 6) is 5.61. The number of likely N-dealkylation sites (tertiary alicyclic amines) is 1. The summed E-state index contributed by atoms with van der Waals surface area (Å²) in [7, 11) is 0. The highest BCUT2D eigenvalue weighted by Crippen LogP contribution is 2.45. The van der Waals surface area contributed by atoms with E-state index in [0.29, 0.717) is 0 Å². The minimum absolute atomic E-state index is 1.02. The molecule has 1 aliphatic heterocycles. The van der Waals surface area contributed by atoms with E-state index < -0.39 is 0 Å². The molecular weight excluding hydrogens is 502 g/mol. The molecule has 40 heavy (non-hydrogen) atoms. The summed E-state index contributed by atoms with van der Waals surface area (Å²) in [6, 6.07) is 0. The molecule has 1 saturated heterocycles. The van der Waals surface area contributed by atoms with Crippen molar-refractivity contribution in [2.75, 3.05) is 31.6 Å². The van der Waals surface area contributed by atoms with Crippen molar-refractivity contribution in [3.05, 3.63) is 0 Å². The van der Waals surface area contributed by atoms with Gasteiger partial charge in [0.2, 0.25) is 0 Å². The molecule has 2 rings (SSSR count). The smallest absolute Gasteiger partial charge is 0.00722 e. The Morgan fingerprint density at radius 1 is 0.575 bits per heavy atom. The van der Waals surface area contributed by atoms with Crippen LogP contribution in [-0.2, 0) is 0 Å². The average Bonchev–Trinajstić information content (AvgIpc) is 3.73. The maximum absolute atomic E-state index is 2.72. The maximum Gasteiger partial charge on any atom is 0.00722 e. The number of hydrogen-bond donors (Lipinski definition) is 0. The quantitative estimate of drug-likeness (QED) is 0.0813. The monoisotopic (exact) mass is 578 g/mol. The molecule has 0 aromatic carbocycles. The zero-order chi connectivity index (χ0) is 28.5. The Kier molecular flexibility index (Phi) is 23.5. The molecule has 0 aromatic rings. The second kappa shape index (κ2) is 25.8. The Hall–Kier alpha value is 0.310. The zero-order valence-electron chi connectivity index (χ0n) is 28.1. The van der Waals surface area contributed by atoms with E-state index in [4.69, 9.17) is 0 Å². The standard InChI is InChI=1S/C38H75NS/c1-4-6-8-10-12-14-18-22-35(26-27-36-28-30-39(31-29-36)32-33-40-3)23-19-15-13-17-21-25-38-34-37(38)24-20-16-11-9-7-5-2/h35-38H,4-34H2,1-3H3. The van der Waals surface area contributed by atoms with Crippen LogP contribution < -0.4 is 0 Å². The van der Waals surface area contributed by atoms with E-state index in [1.54, 1.807) is 19.3 Å². The number of piperidine rings is 1. The van der Waals surface area contributed by atoms with Gasteiger partial charge in [0.15, 0.2) is 0 Å². The van der Waals surface area contributed by atoms with Crippen LogP contribution in [0.2, 0.25) is 0 Å². The first kappa shape index (κ1) is 36.5. The molecule has 0 aromatic heterocycles. The fraction of sp³-hybridized carbons (Fsp3) is 1.00. The van der Waals surface area contributed by atoms with Crippen LogP contribution in [0.5, 0.6) is 0 Å². The summed E-state index contributed by atoms with van der Waals surface area (Å²) in [6.45, 7) is 8.71. The molecule has 0 amide bonds. The highest BCUT2D eigenvalue weighted by atomic mass is 32.2. The van der Waals surface area contributed by atoms with Crippen molar-refractivity contribution in [1.29, 1.82) is 0 Å². The van der Waals surface area contributed by atoms with Crippen molar-refractivity contribution in [3.63, 3.8) is 0 Å². The van der Waals surface area contributed by atoms with E-state index in [0.717, 1.165) is 23.7 Å². The average molecular weight is 578 g/mol. The molecule has 0 radical (unpaired) electrons. The second-order valence-electron chi connectivity index (χ2n) is 14.3. The maximum atomic E-state index is 2.72. The molecule has 3 unspecified atom stereocenters. The van der Waals surface area contributed by atoms with Crippen molar-refractivity contribution in [1.82, 2.24) is 4.90 Å². The minimum Gasteiger partial charge on any atom is -0.302 e. The SMILES string of the molecule is CCCCCCCCCC(CCCCCCCC1CC1CCCCCCCC)CCC1CCN(CCSC)CC1. The first-order chi connectivity index (χ1) is 19.8. The lowest BCUT2D eigenvalue weighted by molar-refractivity contribution is 0.180. The Morgan fingerprint density at radius 2 is 1.05 bits per heavy atom. The highest BCUT2D eigenvalue weighted by Gasteiger charge is 2.35. The molecule has 2 heteroatoms. The van der Waals surface area contributed by atoms with Gasteiger partial charge in [-0.05, 0) is 62.3 Å². The van der Waals surface area contributed by atoms with Crippen LogP contribution in [0.3, 0.4) is 0 Å². The topological polar surface area (TPSA) is 3.24 Å². The van der Waals surface area contributed by atoms with Crippen molar-refractivity contribution in [3.8, 4) is 0 Å². The molecule has 2 aliphatic rings. The summed E-state index contributed by atoms with van der Waals surface area (Å²) in [5.41, 5.74) is 0. The van der Waals surface area contributed by atoms with E-state index in [1.807, 2.05) is 11.8 Å². The number of rotatable bonds is 29. The number of hydrogen-bond acceptors (Lipinski definition) is 2. The summed E-state index contributed by atoms with van der Waals surface area (Å²) in [4.78, 5) is 2.72. The van der Waals surface area contributed by atoms with Crippen molar-refractivity contribution in [2.24, 2.45) is 23.7 Å². The molecule has 0 bridgehead atoms. The van der Waals surface area contributed by atoms with Gasteiger partial charge in [0.05, 0.1) is 0 Å². The predicted molar refractivity (Wildman–Crippen MR) is 185 cm³/mol. The van der Waals surface area contributed by atoms with Gasteiger partial charge in [0.1, 0.15) is 0 Å². The van der Waals surface area contributed by atoms with Crippen LogP contribution in [0.1, 0.15) is 187 Å². The summed E-state index contributed by atoms with van der Waals surface area (Å²) in [5, 5.41) is 0. The largest absolute Gasteiger partial charge is 0.302 e. The van der Waals surface area contributed by atoms with Gasteiger partial charge in [0, 0.05) is 12.3 Å². The van der Waals surface area contributed by atoms with E-state index in [9.17, 15) is 0 Å². The lowest BCUT2D eigenvalue weighted by atomic mass is 9.84. The van der Waals surface area contributed by atoms with Gasteiger partial charge in [0.25, 0.3) is 0 Å². The van der Waals surface area contributed by atoms with Crippen LogP contribution in [0.4, 0.5) is 0 Å². The van der Waals surface area contributed by atoms with Gasteiger partial charge >= 0.3 is 0 Å². The lowest BCUT2D eigenvalue weighted by Gasteiger charge is -2.32. The summed E-state index contributed by atoms with van der Waals surface area (Å²) < 4.78 is 0. The van der Waals surface area contributed by atoms with Crippen LogP contribution >= 0.6 is 11.8 Å². The first-order valence-corrected chi connectivity index (χ1v) is 20.4. The first-order valence-electron chi connectivity index (χ1n) is 19.0. The molecular formula is C38H75NS. The van der Waals surface area contributed by atoms with Gasteiger partial charge in [-0.3, -0.25) is 0 Å². The molecule has 1 heterocycles. The molecule has 3 atom stereocenters. The van der Waals surface area contributed by atoms with Crippen LogP contribution in [0.25, 0.3) is 0 Å². The normalized spacial score (nSPS) is 20.8. The van der Waals surface area contributed by atoms with Crippen molar-refractivity contribution in [2.45, 2.75) is 187 Å². The molecule has 0 N–H and O–H groups in total. The molecule has 1 nitrogen and oxygen atoms in total. The third-order valence-electron chi connectivity index (χ3n) is 10.7. The summed E-state index contributed by atoms with van der Waals surface area (Å²) in [6.07, 6.45) is 42.6. The molecule has 238 valence electrons. The molecule has 0 spiro atoms. The third-order valence-corrected chi connectivity index (χ3v) is 11.3. The van der Waals surface area contributed by atoms with Gasteiger partial charge in [-0.2, -0.15) is 11.8 Å². The predicted octanol–water partition coefficient (Wildman–Crippen LogP) is 12.7. The van der Waals surface area contributed by atoms with Gasteiger partial charge in [-0.25, -0.2) is 0 Å². The van der Waals surface area contributed by atoms with Crippen molar-refractivity contribution < 1.29 is 0 Å². The Balaban J connectivity index is 1.51. The third kappa shape index (κ3) is 19.5. The number of nitrogens with zero attached hydrogens (tertiary/aromatic N) is 1. The Bertz CT molecular complexity index is 528. The fourth-order valence-electron chi connectivity index (χ4n) is 7.59. The van der Waals surface area contributed by atoms with E-state index in [2.05, 4.69) is 25.0 Å². The number of thioether (sulfide) groups is 1. The second-order valence-corrected chi connectivity index (χ2v) is 15.3. The number of unbranched alkanes of at least 4 members (excludes halogenated alkanes) is 15. The van der Waals surface area contributed by atoms with Crippen molar-refractivity contribution >= 4 is 11.8 Å². The molecule has 2 fully saturated rings. The van der Waals surface area contributed by atoms with E-state index >= 15 is 0 Å². The lowest BCUT2D eigenvalue weighted by Crippen LogP contribution is -2.35. The van der Waals surface area contributed by atoms with E-state index in [-0.39, 0.29) is 0 Å². The van der Waals surface area contributed by atoms with Gasteiger partial charge < -0.3 is 4.90 Å². The van der Waals surface area contributed by atoms with Crippen LogP contribution in [0.15, 0.2) is 0 Å². The minimum atomic E-state index is 1.02. The molecule has 1 aliphatic carbocycles. The van der Waals surface area contributed by atoms with Gasteiger partial charge in [-0.1, -0.05) is 168 Å². The summed E-state index contributed by atoms with van der Waals surface area (Å²) >= 11 is 2.01. The van der Waals surface area contributed by atoms with Crippen LogP contribution in [-0.4, -0.2) is 36.5 Å². The Labute approximate surface area is 258 Å². The highest BCUT2D eigenvalue weighted by molar-refractivity contribution is 7.98. The Morgan fingerprint density at radius 3 is 1.55 bits per heavy atom. The zero-order valence-corrected chi connectivity index (χ0v) is 28.9. The molecule has 1 saturated carbocycles. The van der Waals surface area contributed by atoms with Gasteiger partial charge in [-0.15, -0.1) is 0 Å². The van der Waals surface area contributed by atoms with Crippen LogP contribution in [0, 0.1) is 23.7 Å². The fourth-order valence-corrected chi connectivity index (χ4v) is 8.03. The van der Waals surface area contributed by atoms with E-state index in [1.165, 1.54) is 179 Å².